The lowest BCUT2D eigenvalue weighted by Crippen LogP contribution is -2.29. The molecule has 0 unspecified atom stereocenters. The van der Waals surface area contributed by atoms with E-state index in [2.05, 4.69) is 40.0 Å². The van der Waals surface area contributed by atoms with E-state index in [0.29, 0.717) is 6.42 Å². The highest BCUT2D eigenvalue weighted by Gasteiger charge is 2.13. The van der Waals surface area contributed by atoms with E-state index in [1.54, 1.807) is 0 Å². The highest BCUT2D eigenvalue weighted by atomic mass is 16.5. The van der Waals surface area contributed by atoms with Crippen molar-refractivity contribution in [1.29, 1.82) is 0 Å². The van der Waals surface area contributed by atoms with Gasteiger partial charge in [-0.3, -0.25) is 9.69 Å². The second-order valence-corrected chi connectivity index (χ2v) is 4.92. The summed E-state index contributed by atoms with van der Waals surface area (Å²) in [6.07, 6.45) is 4.65. The van der Waals surface area contributed by atoms with Crippen LogP contribution in [0.1, 0.15) is 24.8 Å². The van der Waals surface area contributed by atoms with Gasteiger partial charge in [-0.1, -0.05) is 42.0 Å². The molecule has 0 aliphatic carbocycles. The minimum atomic E-state index is -0.124. The fourth-order valence-corrected chi connectivity index (χ4v) is 2.40. The predicted molar refractivity (Wildman–Crippen MR) is 75.7 cm³/mol. The number of benzene rings is 1. The molecule has 1 aliphatic heterocycles. The summed E-state index contributed by atoms with van der Waals surface area (Å²) in [5, 5.41) is 0. The van der Waals surface area contributed by atoms with E-state index in [1.165, 1.54) is 18.2 Å². The van der Waals surface area contributed by atoms with Crippen molar-refractivity contribution in [3.63, 3.8) is 0 Å². The van der Waals surface area contributed by atoms with Crippen LogP contribution >= 0.6 is 0 Å². The van der Waals surface area contributed by atoms with Crippen LogP contribution in [0.25, 0.3) is 0 Å². The van der Waals surface area contributed by atoms with Gasteiger partial charge in [0.05, 0.1) is 7.11 Å². The first-order valence-corrected chi connectivity index (χ1v) is 6.79. The van der Waals surface area contributed by atoms with Crippen LogP contribution in [0.15, 0.2) is 42.0 Å². The first kappa shape index (κ1) is 13.8. The highest BCUT2D eigenvalue weighted by molar-refractivity contribution is 5.69. The highest BCUT2D eigenvalue weighted by Crippen LogP contribution is 2.17. The maximum atomic E-state index is 11.2. The summed E-state index contributed by atoms with van der Waals surface area (Å²) in [4.78, 5) is 13.6. The van der Waals surface area contributed by atoms with Crippen molar-refractivity contribution < 1.29 is 9.53 Å². The molecule has 1 aromatic carbocycles. The Kier molecular flexibility index (Phi) is 5.16. The quantitative estimate of drug-likeness (QED) is 0.601. The number of ether oxygens (including phenoxy) is 1. The summed E-state index contributed by atoms with van der Waals surface area (Å²) >= 11 is 0. The summed E-state index contributed by atoms with van der Waals surface area (Å²) in [7, 11) is 1.44. The summed E-state index contributed by atoms with van der Waals surface area (Å²) in [6.45, 7) is 3.04. The van der Waals surface area contributed by atoms with E-state index in [0.717, 1.165) is 32.5 Å². The SMILES string of the molecule is COC(=O)CCC1=CCCN(Cc2ccccc2)C1. The van der Waals surface area contributed by atoms with Gasteiger partial charge < -0.3 is 4.74 Å². The Labute approximate surface area is 114 Å². The van der Waals surface area contributed by atoms with Gasteiger partial charge in [-0.05, 0) is 18.4 Å². The van der Waals surface area contributed by atoms with Crippen LogP contribution in [0.3, 0.4) is 0 Å². The number of nitrogens with zero attached hydrogens (tertiary/aromatic N) is 1. The molecule has 0 spiro atoms. The summed E-state index contributed by atoms with van der Waals surface area (Å²) < 4.78 is 4.68. The second kappa shape index (κ2) is 7.10. The van der Waals surface area contributed by atoms with Crippen molar-refractivity contribution in [2.24, 2.45) is 0 Å². The molecule has 0 saturated heterocycles. The van der Waals surface area contributed by atoms with Crippen LogP contribution in [-0.4, -0.2) is 31.1 Å². The standard InChI is InChI=1S/C16H21NO2/c1-19-16(18)10-9-15-8-5-11-17(13-15)12-14-6-3-2-4-7-14/h2-4,6-8H,5,9-13H2,1H3. The molecule has 0 saturated carbocycles. The Morgan fingerprint density at radius 3 is 2.84 bits per heavy atom. The summed E-state index contributed by atoms with van der Waals surface area (Å²) in [6, 6.07) is 10.5. The number of hydrogen-bond acceptors (Lipinski definition) is 3. The van der Waals surface area contributed by atoms with Crippen LogP contribution in [-0.2, 0) is 16.1 Å². The lowest BCUT2D eigenvalue weighted by molar-refractivity contribution is -0.140. The number of hydrogen-bond donors (Lipinski definition) is 0. The molecule has 0 N–H and O–H groups in total. The molecule has 1 aromatic rings. The van der Waals surface area contributed by atoms with E-state index < -0.39 is 0 Å². The third-order valence-corrected chi connectivity index (χ3v) is 3.43. The van der Waals surface area contributed by atoms with Crippen LogP contribution in [0.2, 0.25) is 0 Å². The van der Waals surface area contributed by atoms with E-state index in [1.807, 2.05) is 6.07 Å². The molecule has 102 valence electrons. The lowest BCUT2D eigenvalue weighted by atomic mass is 10.0. The van der Waals surface area contributed by atoms with E-state index in [-0.39, 0.29) is 5.97 Å². The number of methoxy groups -OCH3 is 1. The Morgan fingerprint density at radius 1 is 1.32 bits per heavy atom. The Hall–Kier alpha value is -1.61. The number of esters is 1. The van der Waals surface area contributed by atoms with Crippen LogP contribution in [0, 0.1) is 0 Å². The number of rotatable bonds is 5. The van der Waals surface area contributed by atoms with Gasteiger partial charge in [0, 0.05) is 26.1 Å². The maximum absolute atomic E-state index is 11.2. The van der Waals surface area contributed by atoms with Gasteiger partial charge in [0.1, 0.15) is 0 Å². The average molecular weight is 259 g/mol. The summed E-state index contributed by atoms with van der Waals surface area (Å²) in [5.41, 5.74) is 2.70. The molecule has 0 bridgehead atoms. The third kappa shape index (κ3) is 4.52. The summed E-state index contributed by atoms with van der Waals surface area (Å²) in [5.74, 6) is -0.124. The molecule has 2 rings (SSSR count). The van der Waals surface area contributed by atoms with Gasteiger partial charge in [-0.25, -0.2) is 0 Å². The molecule has 3 nitrogen and oxygen atoms in total. The van der Waals surface area contributed by atoms with Crippen molar-refractivity contribution in [2.45, 2.75) is 25.8 Å². The van der Waals surface area contributed by atoms with Crippen LogP contribution in [0.4, 0.5) is 0 Å². The first-order chi connectivity index (χ1) is 9.28. The molecule has 0 radical (unpaired) electrons. The third-order valence-electron chi connectivity index (χ3n) is 3.43. The van der Waals surface area contributed by atoms with Crippen LogP contribution < -0.4 is 0 Å². The van der Waals surface area contributed by atoms with Crippen molar-refractivity contribution in [3.8, 4) is 0 Å². The normalized spacial score (nSPS) is 15.9. The van der Waals surface area contributed by atoms with Crippen molar-refractivity contribution in [2.75, 3.05) is 20.2 Å². The molecular weight excluding hydrogens is 238 g/mol. The van der Waals surface area contributed by atoms with Crippen molar-refractivity contribution in [3.05, 3.63) is 47.5 Å². The Bertz CT molecular complexity index is 439. The predicted octanol–water partition coefficient (Wildman–Crippen LogP) is 2.77. The molecule has 0 fully saturated rings. The molecular formula is C16H21NO2. The van der Waals surface area contributed by atoms with Crippen molar-refractivity contribution in [1.82, 2.24) is 4.90 Å². The Balaban J connectivity index is 1.83. The lowest BCUT2D eigenvalue weighted by Gasteiger charge is -2.27. The monoisotopic (exact) mass is 259 g/mol. The van der Waals surface area contributed by atoms with Crippen LogP contribution in [0.5, 0.6) is 0 Å². The van der Waals surface area contributed by atoms with Gasteiger partial charge in [0.15, 0.2) is 0 Å². The van der Waals surface area contributed by atoms with E-state index in [4.69, 9.17) is 0 Å². The molecule has 1 aliphatic rings. The fraction of sp³-hybridized carbons (Fsp3) is 0.438. The smallest absolute Gasteiger partial charge is 0.305 e. The zero-order chi connectivity index (χ0) is 13.5. The number of carbonyl (C=O) groups excluding carboxylic acids is 1. The van der Waals surface area contributed by atoms with Crippen molar-refractivity contribution >= 4 is 5.97 Å². The zero-order valence-electron chi connectivity index (χ0n) is 11.5. The molecule has 1 heterocycles. The van der Waals surface area contributed by atoms with Gasteiger partial charge in [0.25, 0.3) is 0 Å². The Morgan fingerprint density at radius 2 is 2.11 bits per heavy atom. The number of carbonyl (C=O) groups is 1. The topological polar surface area (TPSA) is 29.5 Å². The molecule has 0 atom stereocenters. The molecule has 19 heavy (non-hydrogen) atoms. The molecule has 0 amide bonds. The largest absolute Gasteiger partial charge is 0.469 e. The van der Waals surface area contributed by atoms with Gasteiger partial charge in [0.2, 0.25) is 0 Å². The van der Waals surface area contributed by atoms with Gasteiger partial charge in [-0.2, -0.15) is 0 Å². The second-order valence-electron chi connectivity index (χ2n) is 4.92. The van der Waals surface area contributed by atoms with Gasteiger partial charge >= 0.3 is 5.97 Å². The average Bonchev–Trinajstić information content (AvgIpc) is 2.46. The zero-order valence-corrected chi connectivity index (χ0v) is 11.5. The molecule has 3 heteroatoms. The fourth-order valence-electron chi connectivity index (χ4n) is 2.40. The first-order valence-electron chi connectivity index (χ1n) is 6.79. The minimum absolute atomic E-state index is 0.124. The maximum Gasteiger partial charge on any atom is 0.305 e. The van der Waals surface area contributed by atoms with Gasteiger partial charge in [-0.15, -0.1) is 0 Å². The molecule has 0 aromatic heterocycles. The minimum Gasteiger partial charge on any atom is -0.469 e. The van der Waals surface area contributed by atoms with E-state index >= 15 is 0 Å². The van der Waals surface area contributed by atoms with E-state index in [9.17, 15) is 4.79 Å².